The Balaban J connectivity index is 2.05. The van der Waals surface area contributed by atoms with Crippen LogP contribution in [0.5, 0.6) is 0 Å². The maximum Gasteiger partial charge on any atom is 0.131 e. The average Bonchev–Trinajstić information content (AvgIpc) is 2.31. The molecule has 0 amide bonds. The number of pyridine rings is 1. The van der Waals surface area contributed by atoms with Crippen LogP contribution in [0.2, 0.25) is 10.2 Å². The third-order valence-corrected chi connectivity index (χ3v) is 3.65. The first kappa shape index (κ1) is 12.7. The van der Waals surface area contributed by atoms with Crippen LogP contribution in [0.15, 0.2) is 41.0 Å². The van der Waals surface area contributed by atoms with E-state index in [1.165, 1.54) is 0 Å². The number of hydrogen-bond donors (Lipinski definition) is 1. The minimum Gasteiger partial charge on any atom is -0.381 e. The molecule has 0 aliphatic heterocycles. The predicted molar refractivity (Wildman–Crippen MR) is 75.7 cm³/mol. The second kappa shape index (κ2) is 5.71. The molecule has 0 aliphatic rings. The van der Waals surface area contributed by atoms with Crippen LogP contribution in [-0.4, -0.2) is 4.98 Å². The molecule has 0 atom stereocenters. The van der Waals surface area contributed by atoms with Crippen molar-refractivity contribution >= 4 is 44.8 Å². The highest BCUT2D eigenvalue weighted by Crippen LogP contribution is 2.23. The number of nitrogens with one attached hydrogen (secondary N) is 1. The quantitative estimate of drug-likeness (QED) is 0.820. The summed E-state index contributed by atoms with van der Waals surface area (Å²) < 4.78 is 0.898. The van der Waals surface area contributed by atoms with E-state index in [1.807, 2.05) is 24.3 Å². The second-order valence-corrected chi connectivity index (χ2v) is 5.12. The molecule has 0 saturated carbocycles. The molecule has 0 radical (unpaired) electrons. The Kier molecular flexibility index (Phi) is 4.26. The standard InChI is InChI=1S/C12H9BrCl2N2/c13-10-2-1-8(5-11(10)14)7-17-9-3-4-16-12(15)6-9/h1-6H,7H2,(H,16,17). The normalized spacial score (nSPS) is 10.3. The lowest BCUT2D eigenvalue weighted by molar-refractivity contribution is 1.14. The van der Waals surface area contributed by atoms with E-state index in [4.69, 9.17) is 23.2 Å². The predicted octanol–water partition coefficient (Wildman–Crippen LogP) is 4.76. The molecule has 1 N–H and O–H groups in total. The van der Waals surface area contributed by atoms with Crippen LogP contribution in [-0.2, 0) is 6.54 Å². The van der Waals surface area contributed by atoms with E-state index in [1.54, 1.807) is 12.3 Å². The zero-order valence-corrected chi connectivity index (χ0v) is 11.9. The molecule has 1 aromatic carbocycles. The van der Waals surface area contributed by atoms with Gasteiger partial charge in [-0.3, -0.25) is 0 Å². The Morgan fingerprint density at radius 2 is 2.00 bits per heavy atom. The molecule has 1 aromatic heterocycles. The van der Waals surface area contributed by atoms with E-state index in [0.29, 0.717) is 16.7 Å². The van der Waals surface area contributed by atoms with Gasteiger partial charge in [0.15, 0.2) is 0 Å². The van der Waals surface area contributed by atoms with Gasteiger partial charge in [0, 0.05) is 22.9 Å². The molecule has 2 aromatic rings. The van der Waals surface area contributed by atoms with Crippen molar-refractivity contribution in [2.75, 3.05) is 5.32 Å². The van der Waals surface area contributed by atoms with E-state index < -0.39 is 0 Å². The number of anilines is 1. The summed E-state index contributed by atoms with van der Waals surface area (Å²) in [6, 6.07) is 9.50. The summed E-state index contributed by atoms with van der Waals surface area (Å²) in [6.07, 6.45) is 1.67. The van der Waals surface area contributed by atoms with Crippen molar-refractivity contribution in [1.29, 1.82) is 0 Å². The molecular weight excluding hydrogens is 323 g/mol. The summed E-state index contributed by atoms with van der Waals surface area (Å²) in [7, 11) is 0. The van der Waals surface area contributed by atoms with Gasteiger partial charge >= 0.3 is 0 Å². The number of halogens is 3. The Bertz CT molecular complexity index is 532. The van der Waals surface area contributed by atoms with Crippen LogP contribution in [0, 0.1) is 0 Å². The topological polar surface area (TPSA) is 24.9 Å². The van der Waals surface area contributed by atoms with Crippen molar-refractivity contribution in [2.24, 2.45) is 0 Å². The van der Waals surface area contributed by atoms with Crippen molar-refractivity contribution in [3.8, 4) is 0 Å². The molecule has 0 spiro atoms. The number of benzene rings is 1. The Labute approximate surface area is 118 Å². The number of aromatic nitrogens is 1. The summed E-state index contributed by atoms with van der Waals surface area (Å²) in [5.74, 6) is 0. The minimum atomic E-state index is 0.476. The highest BCUT2D eigenvalue weighted by molar-refractivity contribution is 9.10. The number of rotatable bonds is 3. The molecule has 1 heterocycles. The lowest BCUT2D eigenvalue weighted by Gasteiger charge is -2.07. The van der Waals surface area contributed by atoms with Crippen LogP contribution in [0.25, 0.3) is 0 Å². The van der Waals surface area contributed by atoms with Gasteiger partial charge in [-0.2, -0.15) is 0 Å². The van der Waals surface area contributed by atoms with Crippen LogP contribution >= 0.6 is 39.1 Å². The summed E-state index contributed by atoms with van der Waals surface area (Å²) in [4.78, 5) is 3.92. The summed E-state index contributed by atoms with van der Waals surface area (Å²) >= 11 is 15.2. The molecule has 5 heteroatoms. The Morgan fingerprint density at radius 1 is 1.18 bits per heavy atom. The third-order valence-electron chi connectivity index (χ3n) is 2.21. The smallest absolute Gasteiger partial charge is 0.131 e. The van der Waals surface area contributed by atoms with Gasteiger partial charge in [0.2, 0.25) is 0 Å². The maximum atomic E-state index is 6.02. The number of hydrogen-bond acceptors (Lipinski definition) is 2. The van der Waals surface area contributed by atoms with Gasteiger partial charge in [-0.25, -0.2) is 4.98 Å². The molecule has 0 aliphatic carbocycles. The lowest BCUT2D eigenvalue weighted by Crippen LogP contribution is -1.99. The second-order valence-electron chi connectivity index (χ2n) is 3.47. The minimum absolute atomic E-state index is 0.476. The van der Waals surface area contributed by atoms with Gasteiger partial charge in [-0.05, 0) is 45.8 Å². The monoisotopic (exact) mass is 330 g/mol. The summed E-state index contributed by atoms with van der Waals surface area (Å²) in [5.41, 5.74) is 2.04. The van der Waals surface area contributed by atoms with Gasteiger partial charge in [-0.15, -0.1) is 0 Å². The SMILES string of the molecule is Clc1cc(NCc2ccc(Br)c(Cl)c2)ccn1. The third kappa shape index (κ3) is 3.60. The maximum absolute atomic E-state index is 6.02. The van der Waals surface area contributed by atoms with E-state index in [9.17, 15) is 0 Å². The average molecular weight is 332 g/mol. The number of nitrogens with zero attached hydrogens (tertiary/aromatic N) is 1. The first-order valence-corrected chi connectivity index (χ1v) is 6.49. The fraction of sp³-hybridized carbons (Fsp3) is 0.0833. The zero-order chi connectivity index (χ0) is 12.3. The molecule has 2 nitrogen and oxygen atoms in total. The van der Waals surface area contributed by atoms with Crippen LogP contribution in [0.3, 0.4) is 0 Å². The van der Waals surface area contributed by atoms with E-state index in [-0.39, 0.29) is 0 Å². The largest absolute Gasteiger partial charge is 0.381 e. The fourth-order valence-corrected chi connectivity index (χ4v) is 1.99. The first-order chi connectivity index (χ1) is 8.15. The van der Waals surface area contributed by atoms with Crippen LogP contribution in [0.4, 0.5) is 5.69 Å². The van der Waals surface area contributed by atoms with Crippen molar-refractivity contribution < 1.29 is 0 Å². The molecule has 2 rings (SSSR count). The molecule has 0 saturated heterocycles. The zero-order valence-electron chi connectivity index (χ0n) is 8.75. The molecular formula is C12H9BrCl2N2. The van der Waals surface area contributed by atoms with E-state index in [0.717, 1.165) is 15.7 Å². The van der Waals surface area contributed by atoms with E-state index >= 15 is 0 Å². The molecule has 0 fully saturated rings. The molecule has 0 bridgehead atoms. The highest BCUT2D eigenvalue weighted by atomic mass is 79.9. The highest BCUT2D eigenvalue weighted by Gasteiger charge is 1.99. The molecule has 17 heavy (non-hydrogen) atoms. The van der Waals surface area contributed by atoms with Crippen molar-refractivity contribution in [1.82, 2.24) is 4.98 Å². The van der Waals surface area contributed by atoms with Crippen LogP contribution in [0.1, 0.15) is 5.56 Å². The van der Waals surface area contributed by atoms with Gasteiger partial charge in [0.25, 0.3) is 0 Å². The first-order valence-electron chi connectivity index (χ1n) is 4.94. The lowest BCUT2D eigenvalue weighted by atomic mass is 10.2. The van der Waals surface area contributed by atoms with Gasteiger partial charge in [0.1, 0.15) is 5.15 Å². The van der Waals surface area contributed by atoms with Crippen molar-refractivity contribution in [3.63, 3.8) is 0 Å². The Hall–Kier alpha value is -0.770. The summed E-state index contributed by atoms with van der Waals surface area (Å²) in [6.45, 7) is 0.688. The van der Waals surface area contributed by atoms with Crippen molar-refractivity contribution in [3.05, 3.63) is 56.7 Å². The van der Waals surface area contributed by atoms with E-state index in [2.05, 4.69) is 26.2 Å². The van der Waals surface area contributed by atoms with Gasteiger partial charge in [0.05, 0.1) is 5.02 Å². The van der Waals surface area contributed by atoms with Gasteiger partial charge < -0.3 is 5.32 Å². The van der Waals surface area contributed by atoms with Crippen molar-refractivity contribution in [2.45, 2.75) is 6.54 Å². The Morgan fingerprint density at radius 3 is 2.71 bits per heavy atom. The fourth-order valence-electron chi connectivity index (χ4n) is 1.37. The molecule has 0 unspecified atom stereocenters. The van der Waals surface area contributed by atoms with Gasteiger partial charge in [-0.1, -0.05) is 29.3 Å². The summed E-state index contributed by atoms with van der Waals surface area (Å²) in [5, 5.41) is 4.43. The molecule has 88 valence electrons. The van der Waals surface area contributed by atoms with Crippen LogP contribution < -0.4 is 5.32 Å².